The summed E-state index contributed by atoms with van der Waals surface area (Å²) in [4.78, 5) is 30.0. The molecule has 0 atom stereocenters. The quantitative estimate of drug-likeness (QED) is 0.809. The third kappa shape index (κ3) is 4.59. The molecule has 0 aliphatic rings. The number of carbonyl (C=O) groups is 2. The predicted molar refractivity (Wildman–Crippen MR) is 86.0 cm³/mol. The summed E-state index contributed by atoms with van der Waals surface area (Å²) in [6.07, 6.45) is 1.48. The van der Waals surface area contributed by atoms with Gasteiger partial charge in [-0.3, -0.25) is 9.59 Å². The first kappa shape index (κ1) is 17.1. The fourth-order valence-electron chi connectivity index (χ4n) is 2.05. The van der Waals surface area contributed by atoms with Crippen molar-refractivity contribution in [3.63, 3.8) is 0 Å². The van der Waals surface area contributed by atoms with Crippen LogP contribution in [0.25, 0.3) is 0 Å². The molecule has 124 valence electrons. The molecule has 0 aliphatic carbocycles. The van der Waals surface area contributed by atoms with Gasteiger partial charge in [-0.05, 0) is 20.8 Å². The van der Waals surface area contributed by atoms with Gasteiger partial charge in [0.05, 0.1) is 23.4 Å². The molecule has 0 bridgehead atoms. The predicted octanol–water partition coefficient (Wildman–Crippen LogP) is 0.841. The monoisotopic (exact) mass is 336 g/mol. The van der Waals surface area contributed by atoms with Crippen LogP contribution in [0, 0.1) is 6.92 Å². The zero-order chi connectivity index (χ0) is 16.8. The summed E-state index contributed by atoms with van der Waals surface area (Å²) in [5.74, 6) is -0.387. The molecular weight excluding hydrogens is 316 g/mol. The highest BCUT2D eigenvalue weighted by molar-refractivity contribution is 7.09. The minimum Gasteiger partial charge on any atom is -0.345 e. The molecule has 0 aromatic carbocycles. The number of thiazole rings is 1. The van der Waals surface area contributed by atoms with Gasteiger partial charge in [0.25, 0.3) is 5.91 Å². The Morgan fingerprint density at radius 3 is 2.70 bits per heavy atom. The maximum Gasteiger partial charge on any atom is 0.273 e. The standard InChI is InChI=1S/C14H20N6O2S/c1-4-19(5-2)13(21)8-20-7-12(17-18-20)14(22)15-6-11-9-23-10(3)16-11/h7,9H,4-6,8H2,1-3H3,(H,15,22). The lowest BCUT2D eigenvalue weighted by Gasteiger charge is -2.17. The molecule has 9 heteroatoms. The Balaban J connectivity index is 1.90. The van der Waals surface area contributed by atoms with Gasteiger partial charge in [0.2, 0.25) is 5.91 Å². The molecule has 2 amide bonds. The highest BCUT2D eigenvalue weighted by atomic mass is 32.1. The average Bonchev–Trinajstić information content (AvgIpc) is 3.15. The largest absolute Gasteiger partial charge is 0.345 e. The Hall–Kier alpha value is -2.29. The third-order valence-corrected chi connectivity index (χ3v) is 4.10. The van der Waals surface area contributed by atoms with Gasteiger partial charge in [-0.2, -0.15) is 0 Å². The maximum absolute atomic E-state index is 12.0. The van der Waals surface area contributed by atoms with Gasteiger partial charge >= 0.3 is 0 Å². The number of nitrogens with zero attached hydrogens (tertiary/aromatic N) is 5. The van der Waals surface area contributed by atoms with Crippen LogP contribution < -0.4 is 5.32 Å². The lowest BCUT2D eigenvalue weighted by molar-refractivity contribution is -0.131. The van der Waals surface area contributed by atoms with Crippen molar-refractivity contribution in [2.75, 3.05) is 13.1 Å². The Morgan fingerprint density at radius 1 is 1.35 bits per heavy atom. The van der Waals surface area contributed by atoms with Crippen molar-refractivity contribution in [2.45, 2.75) is 33.9 Å². The van der Waals surface area contributed by atoms with Gasteiger partial charge in [0.15, 0.2) is 5.69 Å². The minimum absolute atomic E-state index is 0.0511. The number of nitrogens with one attached hydrogen (secondary N) is 1. The summed E-state index contributed by atoms with van der Waals surface area (Å²) in [7, 11) is 0. The Kier molecular flexibility index (Phi) is 5.80. The normalized spacial score (nSPS) is 10.6. The van der Waals surface area contributed by atoms with Crippen LogP contribution in [0.5, 0.6) is 0 Å². The lowest BCUT2D eigenvalue weighted by atomic mass is 10.4. The molecule has 0 saturated carbocycles. The van der Waals surface area contributed by atoms with Gasteiger partial charge in [-0.15, -0.1) is 16.4 Å². The third-order valence-electron chi connectivity index (χ3n) is 3.28. The van der Waals surface area contributed by atoms with Crippen molar-refractivity contribution in [1.29, 1.82) is 0 Å². The van der Waals surface area contributed by atoms with Crippen LogP contribution in [0.1, 0.15) is 35.0 Å². The molecule has 0 fully saturated rings. The zero-order valence-electron chi connectivity index (χ0n) is 13.4. The minimum atomic E-state index is -0.336. The van der Waals surface area contributed by atoms with Crippen LogP contribution in [-0.4, -0.2) is 49.8 Å². The van der Waals surface area contributed by atoms with Crippen molar-refractivity contribution in [2.24, 2.45) is 0 Å². The van der Waals surface area contributed by atoms with Crippen LogP contribution in [0.3, 0.4) is 0 Å². The summed E-state index contributed by atoms with van der Waals surface area (Å²) in [6, 6.07) is 0. The van der Waals surface area contributed by atoms with E-state index in [1.54, 1.807) is 4.90 Å². The first-order valence-corrected chi connectivity index (χ1v) is 8.28. The average molecular weight is 336 g/mol. The molecule has 2 rings (SSSR count). The number of likely N-dealkylation sites (N-methyl/N-ethyl adjacent to an activating group) is 1. The van der Waals surface area contributed by atoms with E-state index < -0.39 is 0 Å². The highest BCUT2D eigenvalue weighted by Gasteiger charge is 2.15. The van der Waals surface area contributed by atoms with Crippen molar-refractivity contribution in [3.8, 4) is 0 Å². The van der Waals surface area contributed by atoms with E-state index in [1.165, 1.54) is 22.2 Å². The number of aromatic nitrogens is 4. The van der Waals surface area contributed by atoms with Crippen molar-refractivity contribution >= 4 is 23.2 Å². The molecule has 2 aromatic heterocycles. The van der Waals surface area contributed by atoms with E-state index in [0.29, 0.717) is 19.6 Å². The smallest absolute Gasteiger partial charge is 0.273 e. The van der Waals surface area contributed by atoms with Gasteiger partial charge in [-0.25, -0.2) is 9.67 Å². The molecule has 2 heterocycles. The summed E-state index contributed by atoms with van der Waals surface area (Å²) in [6.45, 7) is 7.45. The molecule has 0 aliphatic heterocycles. The SMILES string of the molecule is CCN(CC)C(=O)Cn1cc(C(=O)NCc2csc(C)n2)nn1. The molecule has 0 unspecified atom stereocenters. The van der Waals surface area contributed by atoms with Crippen molar-refractivity contribution < 1.29 is 9.59 Å². The Labute approximate surface area is 138 Å². The van der Waals surface area contributed by atoms with Gasteiger partial charge in [0, 0.05) is 18.5 Å². The molecule has 0 radical (unpaired) electrons. The second kappa shape index (κ2) is 7.82. The number of aryl methyl sites for hydroxylation is 1. The number of rotatable bonds is 7. The topological polar surface area (TPSA) is 93.0 Å². The first-order valence-electron chi connectivity index (χ1n) is 7.40. The van der Waals surface area contributed by atoms with Crippen molar-refractivity contribution in [1.82, 2.24) is 30.2 Å². The summed E-state index contributed by atoms with van der Waals surface area (Å²) < 4.78 is 1.38. The molecule has 0 spiro atoms. The van der Waals surface area contributed by atoms with E-state index in [0.717, 1.165) is 10.7 Å². The first-order chi connectivity index (χ1) is 11.0. The zero-order valence-corrected chi connectivity index (χ0v) is 14.3. The number of amides is 2. The highest BCUT2D eigenvalue weighted by Crippen LogP contribution is 2.07. The van der Waals surface area contributed by atoms with E-state index in [1.807, 2.05) is 26.2 Å². The summed E-state index contributed by atoms with van der Waals surface area (Å²) >= 11 is 1.53. The van der Waals surface area contributed by atoms with E-state index in [4.69, 9.17) is 0 Å². The molecule has 0 saturated heterocycles. The fourth-order valence-corrected chi connectivity index (χ4v) is 2.66. The van der Waals surface area contributed by atoms with Gasteiger partial charge in [0.1, 0.15) is 6.54 Å². The molecule has 2 aromatic rings. The molecule has 23 heavy (non-hydrogen) atoms. The fraction of sp³-hybridized carbons (Fsp3) is 0.500. The van der Waals surface area contributed by atoms with Crippen LogP contribution in [0.2, 0.25) is 0 Å². The molecule has 1 N–H and O–H groups in total. The van der Waals surface area contributed by atoms with E-state index in [-0.39, 0.29) is 24.1 Å². The molecule has 8 nitrogen and oxygen atoms in total. The second-order valence-corrected chi connectivity index (χ2v) is 5.97. The van der Waals surface area contributed by atoms with Crippen LogP contribution >= 0.6 is 11.3 Å². The molecular formula is C14H20N6O2S. The van der Waals surface area contributed by atoms with Crippen LogP contribution in [0.4, 0.5) is 0 Å². The van der Waals surface area contributed by atoms with E-state index in [9.17, 15) is 9.59 Å². The number of carbonyl (C=O) groups excluding carboxylic acids is 2. The van der Waals surface area contributed by atoms with Crippen LogP contribution in [-0.2, 0) is 17.9 Å². The van der Waals surface area contributed by atoms with Gasteiger partial charge in [-0.1, -0.05) is 5.21 Å². The van der Waals surface area contributed by atoms with E-state index in [2.05, 4.69) is 20.6 Å². The van der Waals surface area contributed by atoms with E-state index >= 15 is 0 Å². The van der Waals surface area contributed by atoms with Crippen LogP contribution in [0.15, 0.2) is 11.6 Å². The number of hydrogen-bond donors (Lipinski definition) is 1. The maximum atomic E-state index is 12.0. The second-order valence-electron chi connectivity index (χ2n) is 4.91. The van der Waals surface area contributed by atoms with Crippen molar-refractivity contribution in [3.05, 3.63) is 28.0 Å². The Morgan fingerprint density at radius 2 is 2.09 bits per heavy atom. The number of hydrogen-bond acceptors (Lipinski definition) is 6. The van der Waals surface area contributed by atoms with Gasteiger partial charge < -0.3 is 10.2 Å². The Bertz CT molecular complexity index is 676. The summed E-state index contributed by atoms with van der Waals surface area (Å²) in [5, 5.41) is 13.2. The lowest BCUT2D eigenvalue weighted by Crippen LogP contribution is -2.33. The summed E-state index contributed by atoms with van der Waals surface area (Å²) in [5.41, 5.74) is 0.995.